The smallest absolute Gasteiger partial charge is 0.270 e. The number of carbonyl (C=O) groups is 1. The van der Waals surface area contributed by atoms with Crippen LogP contribution in [0, 0.1) is 6.92 Å². The Labute approximate surface area is 140 Å². The number of ether oxygens (including phenoxy) is 1. The summed E-state index contributed by atoms with van der Waals surface area (Å²) >= 11 is 0. The van der Waals surface area contributed by atoms with E-state index in [1.165, 1.54) is 0 Å². The Morgan fingerprint density at radius 3 is 2.17 bits per heavy atom. The third-order valence-corrected chi connectivity index (χ3v) is 4.08. The van der Waals surface area contributed by atoms with Crippen molar-refractivity contribution in [2.24, 2.45) is 0 Å². The summed E-state index contributed by atoms with van der Waals surface area (Å²) in [6, 6.07) is 20.7. The van der Waals surface area contributed by atoms with E-state index in [2.05, 4.69) is 10.3 Å². The van der Waals surface area contributed by atoms with Crippen LogP contribution in [0.2, 0.25) is 0 Å². The van der Waals surface area contributed by atoms with Crippen molar-refractivity contribution < 1.29 is 9.53 Å². The Balaban J connectivity index is 1.73. The lowest BCUT2D eigenvalue weighted by Crippen LogP contribution is -2.31. The number of hydrogen-bond donors (Lipinski definition) is 1. The van der Waals surface area contributed by atoms with Crippen molar-refractivity contribution in [2.75, 3.05) is 0 Å². The van der Waals surface area contributed by atoms with E-state index in [1.807, 2.05) is 67.6 Å². The van der Waals surface area contributed by atoms with Crippen LogP contribution in [-0.2, 0) is 0 Å². The second kappa shape index (κ2) is 5.81. The topological polar surface area (TPSA) is 51.2 Å². The minimum atomic E-state index is -0.263. The van der Waals surface area contributed by atoms with Gasteiger partial charge >= 0.3 is 0 Å². The summed E-state index contributed by atoms with van der Waals surface area (Å²) in [7, 11) is 0. The third kappa shape index (κ3) is 2.52. The summed E-state index contributed by atoms with van der Waals surface area (Å²) in [4.78, 5) is 17.0. The zero-order valence-corrected chi connectivity index (χ0v) is 13.2. The van der Waals surface area contributed by atoms with E-state index in [0.29, 0.717) is 5.69 Å². The van der Waals surface area contributed by atoms with Crippen molar-refractivity contribution in [3.63, 3.8) is 0 Å². The molecular weight excluding hydrogens is 300 g/mol. The van der Waals surface area contributed by atoms with Gasteiger partial charge in [0.05, 0.1) is 6.04 Å². The van der Waals surface area contributed by atoms with E-state index in [9.17, 15) is 4.79 Å². The number of amides is 1. The summed E-state index contributed by atoms with van der Waals surface area (Å²) in [5.41, 5.74) is 3.11. The summed E-state index contributed by atoms with van der Waals surface area (Å²) < 4.78 is 5.95. The SMILES string of the molecule is Cc1cccc(C(=O)NC2c3ccccc3Oc3ccccc32)n1. The Bertz CT molecular complexity index is 875. The number of nitrogens with one attached hydrogen (secondary N) is 1. The van der Waals surface area contributed by atoms with E-state index in [-0.39, 0.29) is 11.9 Å². The van der Waals surface area contributed by atoms with Crippen molar-refractivity contribution in [3.05, 3.63) is 89.2 Å². The lowest BCUT2D eigenvalue weighted by molar-refractivity contribution is 0.0936. The van der Waals surface area contributed by atoms with Crippen molar-refractivity contribution in [2.45, 2.75) is 13.0 Å². The molecule has 3 aromatic rings. The van der Waals surface area contributed by atoms with Gasteiger partial charge < -0.3 is 10.1 Å². The third-order valence-electron chi connectivity index (χ3n) is 4.08. The standard InChI is InChI=1S/C20H16N2O2/c1-13-7-6-10-16(21-13)20(23)22-19-14-8-2-4-11-17(14)24-18-12-5-3-9-15(18)19/h2-12,19H,1H3,(H,22,23). The maximum atomic E-state index is 12.7. The van der Waals surface area contributed by atoms with Gasteiger partial charge in [-0.05, 0) is 31.2 Å². The molecule has 1 aliphatic heterocycles. The van der Waals surface area contributed by atoms with Gasteiger partial charge in [-0.1, -0.05) is 42.5 Å². The molecule has 0 atom stereocenters. The Hall–Kier alpha value is -3.14. The lowest BCUT2D eigenvalue weighted by Gasteiger charge is -2.28. The van der Waals surface area contributed by atoms with Gasteiger partial charge in [0.1, 0.15) is 17.2 Å². The van der Waals surface area contributed by atoms with Crippen LogP contribution in [0.5, 0.6) is 11.5 Å². The minimum Gasteiger partial charge on any atom is -0.457 e. The molecule has 0 saturated carbocycles. The molecule has 4 nitrogen and oxygen atoms in total. The molecule has 118 valence electrons. The van der Waals surface area contributed by atoms with Crippen LogP contribution in [-0.4, -0.2) is 10.9 Å². The van der Waals surface area contributed by atoms with Crippen molar-refractivity contribution >= 4 is 5.91 Å². The minimum absolute atomic E-state index is 0.199. The van der Waals surface area contributed by atoms with E-state index in [1.54, 1.807) is 6.07 Å². The van der Waals surface area contributed by atoms with Gasteiger partial charge in [0.15, 0.2) is 0 Å². The number of aromatic nitrogens is 1. The molecular formula is C20H16N2O2. The molecule has 2 aromatic carbocycles. The van der Waals surface area contributed by atoms with Crippen LogP contribution in [0.4, 0.5) is 0 Å². The first-order valence-corrected chi connectivity index (χ1v) is 7.82. The van der Waals surface area contributed by atoms with Gasteiger partial charge in [0.25, 0.3) is 5.91 Å². The molecule has 2 heterocycles. The number of aryl methyl sites for hydroxylation is 1. The molecule has 1 N–H and O–H groups in total. The molecule has 0 spiro atoms. The molecule has 24 heavy (non-hydrogen) atoms. The second-order valence-electron chi connectivity index (χ2n) is 5.75. The highest BCUT2D eigenvalue weighted by Gasteiger charge is 2.28. The van der Waals surface area contributed by atoms with E-state index >= 15 is 0 Å². The Kier molecular flexibility index (Phi) is 3.50. The molecule has 0 bridgehead atoms. The predicted octanol–water partition coefficient (Wildman–Crippen LogP) is 4.02. The number of fused-ring (bicyclic) bond motifs is 2. The van der Waals surface area contributed by atoms with Crippen LogP contribution < -0.4 is 10.1 Å². The average molecular weight is 316 g/mol. The summed E-state index contributed by atoms with van der Waals surface area (Å²) in [5, 5.41) is 3.09. The van der Waals surface area contributed by atoms with Gasteiger partial charge in [-0.3, -0.25) is 4.79 Å². The van der Waals surface area contributed by atoms with Gasteiger partial charge in [-0.15, -0.1) is 0 Å². The summed E-state index contributed by atoms with van der Waals surface area (Å²) in [5.74, 6) is 1.33. The van der Waals surface area contributed by atoms with E-state index in [4.69, 9.17) is 4.74 Å². The number of para-hydroxylation sites is 2. The summed E-state index contributed by atoms with van der Waals surface area (Å²) in [6.45, 7) is 1.87. The van der Waals surface area contributed by atoms with Crippen LogP contribution in [0.25, 0.3) is 0 Å². The second-order valence-corrected chi connectivity index (χ2v) is 5.75. The molecule has 0 aliphatic carbocycles. The van der Waals surface area contributed by atoms with Crippen LogP contribution in [0.15, 0.2) is 66.7 Å². The van der Waals surface area contributed by atoms with Crippen LogP contribution in [0.3, 0.4) is 0 Å². The largest absolute Gasteiger partial charge is 0.457 e. The molecule has 0 fully saturated rings. The van der Waals surface area contributed by atoms with E-state index in [0.717, 1.165) is 28.3 Å². The van der Waals surface area contributed by atoms with Gasteiger partial charge in [-0.2, -0.15) is 0 Å². The molecule has 1 aliphatic rings. The van der Waals surface area contributed by atoms with Crippen LogP contribution >= 0.6 is 0 Å². The van der Waals surface area contributed by atoms with Crippen molar-refractivity contribution in [1.29, 1.82) is 0 Å². The quantitative estimate of drug-likeness (QED) is 0.777. The van der Waals surface area contributed by atoms with E-state index < -0.39 is 0 Å². The summed E-state index contributed by atoms with van der Waals surface area (Å²) in [6.07, 6.45) is 0. The fourth-order valence-corrected chi connectivity index (χ4v) is 2.94. The number of hydrogen-bond acceptors (Lipinski definition) is 3. The van der Waals surface area contributed by atoms with Crippen molar-refractivity contribution in [3.8, 4) is 11.5 Å². The maximum Gasteiger partial charge on any atom is 0.270 e. The number of rotatable bonds is 2. The van der Waals surface area contributed by atoms with Gasteiger partial charge in [0, 0.05) is 16.8 Å². The van der Waals surface area contributed by atoms with Gasteiger partial charge in [-0.25, -0.2) is 4.98 Å². The molecule has 0 saturated heterocycles. The zero-order chi connectivity index (χ0) is 16.5. The normalized spacial score (nSPS) is 12.7. The highest BCUT2D eigenvalue weighted by molar-refractivity contribution is 5.93. The molecule has 4 rings (SSSR count). The average Bonchev–Trinajstić information content (AvgIpc) is 2.61. The first-order chi connectivity index (χ1) is 11.7. The molecule has 1 aromatic heterocycles. The Morgan fingerprint density at radius 1 is 0.917 bits per heavy atom. The molecule has 1 amide bonds. The number of benzene rings is 2. The fourth-order valence-electron chi connectivity index (χ4n) is 2.94. The number of nitrogens with zero attached hydrogens (tertiary/aromatic N) is 1. The predicted molar refractivity (Wildman–Crippen MR) is 91.2 cm³/mol. The monoisotopic (exact) mass is 316 g/mol. The van der Waals surface area contributed by atoms with Crippen molar-refractivity contribution in [1.82, 2.24) is 10.3 Å². The Morgan fingerprint density at radius 2 is 1.54 bits per heavy atom. The number of pyridine rings is 1. The highest BCUT2D eigenvalue weighted by atomic mass is 16.5. The molecule has 0 radical (unpaired) electrons. The number of carbonyl (C=O) groups excluding carboxylic acids is 1. The first-order valence-electron chi connectivity index (χ1n) is 7.82. The van der Waals surface area contributed by atoms with Gasteiger partial charge in [0.2, 0.25) is 0 Å². The first kappa shape index (κ1) is 14.5. The zero-order valence-electron chi connectivity index (χ0n) is 13.2. The fraction of sp³-hybridized carbons (Fsp3) is 0.100. The lowest BCUT2D eigenvalue weighted by atomic mass is 9.94. The molecule has 0 unspecified atom stereocenters. The maximum absolute atomic E-state index is 12.7. The highest BCUT2D eigenvalue weighted by Crippen LogP contribution is 2.42. The van der Waals surface area contributed by atoms with Crippen LogP contribution in [0.1, 0.15) is 33.4 Å². The molecule has 4 heteroatoms.